The quantitative estimate of drug-likeness (QED) is 0.658. The smallest absolute Gasteiger partial charge is 0.309 e. The summed E-state index contributed by atoms with van der Waals surface area (Å²) in [4.78, 5) is 11.0. The molecule has 0 saturated heterocycles. The van der Waals surface area contributed by atoms with Crippen LogP contribution in [0.5, 0.6) is 0 Å². The van der Waals surface area contributed by atoms with Gasteiger partial charge in [-0.05, 0) is 25.7 Å². The van der Waals surface area contributed by atoms with Crippen LogP contribution in [-0.4, -0.2) is 11.1 Å². The first kappa shape index (κ1) is 9.30. The van der Waals surface area contributed by atoms with Crippen LogP contribution < -0.4 is 0 Å². The molecule has 0 amide bonds. The highest BCUT2D eigenvalue weighted by molar-refractivity contribution is 5.75. The zero-order valence-electron chi connectivity index (χ0n) is 7.60. The van der Waals surface area contributed by atoms with Gasteiger partial charge in [0.1, 0.15) is 0 Å². The fourth-order valence-electron chi connectivity index (χ4n) is 2.05. The van der Waals surface area contributed by atoms with Crippen molar-refractivity contribution in [3.8, 4) is 0 Å². The van der Waals surface area contributed by atoms with Gasteiger partial charge in [0.15, 0.2) is 0 Å². The van der Waals surface area contributed by atoms with E-state index in [9.17, 15) is 4.79 Å². The van der Waals surface area contributed by atoms with Gasteiger partial charge in [-0.25, -0.2) is 0 Å². The van der Waals surface area contributed by atoms with Crippen LogP contribution in [-0.2, 0) is 4.79 Å². The second-order valence-corrected chi connectivity index (χ2v) is 3.76. The van der Waals surface area contributed by atoms with Crippen LogP contribution in [0.25, 0.3) is 0 Å². The van der Waals surface area contributed by atoms with Crippen LogP contribution in [0.2, 0.25) is 0 Å². The van der Waals surface area contributed by atoms with Crippen LogP contribution >= 0.6 is 0 Å². The van der Waals surface area contributed by atoms with Gasteiger partial charge in [-0.1, -0.05) is 25.5 Å². The van der Waals surface area contributed by atoms with E-state index in [4.69, 9.17) is 5.11 Å². The molecular weight excluding hydrogens is 152 g/mol. The van der Waals surface area contributed by atoms with E-state index in [0.29, 0.717) is 6.42 Å². The summed E-state index contributed by atoms with van der Waals surface area (Å²) in [6.07, 6.45) is 4.11. The predicted octanol–water partition coefficient (Wildman–Crippen LogP) is 2.60. The monoisotopic (exact) mass is 168 g/mol. The van der Waals surface area contributed by atoms with Crippen molar-refractivity contribution in [1.82, 2.24) is 0 Å². The Balaban J connectivity index is 2.74. The van der Waals surface area contributed by atoms with E-state index in [2.05, 4.69) is 6.58 Å². The number of allylic oxidation sites excluding steroid dienone is 1. The largest absolute Gasteiger partial charge is 0.481 e. The standard InChI is InChI=1S/C10H16O2/c1-3-5-10(9(11)12)6-4-8(2)7-10/h2-7H2,1H3,(H,11,12). The SMILES string of the molecule is C=C1CCC(CCC)(C(=O)O)C1. The first-order valence-corrected chi connectivity index (χ1v) is 4.51. The number of carboxylic acid groups (broad SMARTS) is 1. The average Bonchev–Trinajstić information content (AvgIpc) is 2.34. The molecule has 0 aromatic carbocycles. The highest BCUT2D eigenvalue weighted by Gasteiger charge is 2.41. The number of hydrogen-bond donors (Lipinski definition) is 1. The molecule has 1 saturated carbocycles. The minimum absolute atomic E-state index is 0.466. The molecule has 0 aliphatic heterocycles. The van der Waals surface area contributed by atoms with Crippen LogP contribution in [0, 0.1) is 5.41 Å². The number of rotatable bonds is 3. The Bertz CT molecular complexity index is 208. The van der Waals surface area contributed by atoms with Gasteiger partial charge in [0, 0.05) is 0 Å². The highest BCUT2D eigenvalue weighted by atomic mass is 16.4. The van der Waals surface area contributed by atoms with Gasteiger partial charge in [0.05, 0.1) is 5.41 Å². The van der Waals surface area contributed by atoms with Crippen LogP contribution in [0.15, 0.2) is 12.2 Å². The molecule has 0 bridgehead atoms. The fourth-order valence-corrected chi connectivity index (χ4v) is 2.05. The zero-order valence-corrected chi connectivity index (χ0v) is 7.60. The molecule has 0 radical (unpaired) electrons. The van der Waals surface area contributed by atoms with E-state index >= 15 is 0 Å². The highest BCUT2D eigenvalue weighted by Crippen LogP contribution is 2.44. The van der Waals surface area contributed by atoms with Crippen molar-refractivity contribution in [3.63, 3.8) is 0 Å². The third kappa shape index (κ3) is 1.52. The molecule has 1 unspecified atom stereocenters. The molecule has 0 heterocycles. The van der Waals surface area contributed by atoms with E-state index in [1.807, 2.05) is 6.92 Å². The summed E-state index contributed by atoms with van der Waals surface area (Å²) in [6, 6.07) is 0. The second-order valence-electron chi connectivity index (χ2n) is 3.76. The Hall–Kier alpha value is -0.790. The predicted molar refractivity (Wildman–Crippen MR) is 48.0 cm³/mol. The lowest BCUT2D eigenvalue weighted by molar-refractivity contribution is -0.148. The molecule has 1 fully saturated rings. The van der Waals surface area contributed by atoms with E-state index in [1.54, 1.807) is 0 Å². The summed E-state index contributed by atoms with van der Waals surface area (Å²) in [5.41, 5.74) is 0.636. The molecule has 2 heteroatoms. The lowest BCUT2D eigenvalue weighted by Crippen LogP contribution is -2.27. The van der Waals surface area contributed by atoms with Crippen LogP contribution in [0.1, 0.15) is 39.0 Å². The lowest BCUT2D eigenvalue weighted by Gasteiger charge is -2.22. The molecule has 0 aromatic heterocycles. The molecular formula is C10H16O2. The zero-order chi connectivity index (χ0) is 9.19. The van der Waals surface area contributed by atoms with Crippen molar-refractivity contribution in [2.75, 3.05) is 0 Å². The molecule has 0 spiro atoms. The first-order valence-electron chi connectivity index (χ1n) is 4.51. The summed E-state index contributed by atoms with van der Waals surface area (Å²) in [5.74, 6) is -0.636. The Kier molecular flexibility index (Phi) is 2.55. The summed E-state index contributed by atoms with van der Waals surface area (Å²) in [5, 5.41) is 9.07. The van der Waals surface area contributed by atoms with Crippen molar-refractivity contribution in [2.45, 2.75) is 39.0 Å². The average molecular weight is 168 g/mol. The van der Waals surface area contributed by atoms with Crippen molar-refractivity contribution >= 4 is 5.97 Å². The summed E-state index contributed by atoms with van der Waals surface area (Å²) < 4.78 is 0. The Morgan fingerprint density at radius 1 is 1.75 bits per heavy atom. The van der Waals surface area contributed by atoms with Gasteiger partial charge in [-0.2, -0.15) is 0 Å². The minimum atomic E-state index is -0.636. The molecule has 1 atom stereocenters. The van der Waals surface area contributed by atoms with Crippen molar-refractivity contribution < 1.29 is 9.90 Å². The van der Waals surface area contributed by atoms with Crippen LogP contribution in [0.4, 0.5) is 0 Å². The molecule has 68 valence electrons. The van der Waals surface area contributed by atoms with E-state index in [-0.39, 0.29) is 0 Å². The Labute approximate surface area is 73.3 Å². The van der Waals surface area contributed by atoms with Crippen LogP contribution in [0.3, 0.4) is 0 Å². The fraction of sp³-hybridized carbons (Fsp3) is 0.700. The molecule has 1 aliphatic carbocycles. The van der Waals surface area contributed by atoms with Gasteiger partial charge in [-0.3, -0.25) is 4.79 Å². The van der Waals surface area contributed by atoms with Crippen molar-refractivity contribution in [3.05, 3.63) is 12.2 Å². The third-order valence-corrected chi connectivity index (χ3v) is 2.73. The minimum Gasteiger partial charge on any atom is -0.481 e. The summed E-state index contributed by atoms with van der Waals surface area (Å²) in [7, 11) is 0. The third-order valence-electron chi connectivity index (χ3n) is 2.73. The topological polar surface area (TPSA) is 37.3 Å². The molecule has 12 heavy (non-hydrogen) atoms. The molecule has 1 N–H and O–H groups in total. The maximum absolute atomic E-state index is 11.0. The van der Waals surface area contributed by atoms with E-state index in [0.717, 1.165) is 31.3 Å². The van der Waals surface area contributed by atoms with Gasteiger partial charge in [0.2, 0.25) is 0 Å². The normalized spacial score (nSPS) is 29.2. The molecule has 1 rings (SSSR count). The van der Waals surface area contributed by atoms with Gasteiger partial charge in [-0.15, -0.1) is 0 Å². The summed E-state index contributed by atoms with van der Waals surface area (Å²) in [6.45, 7) is 5.88. The number of hydrogen-bond acceptors (Lipinski definition) is 1. The maximum Gasteiger partial charge on any atom is 0.309 e. The van der Waals surface area contributed by atoms with Gasteiger partial charge < -0.3 is 5.11 Å². The lowest BCUT2D eigenvalue weighted by atomic mass is 9.82. The number of carboxylic acids is 1. The molecule has 0 aromatic rings. The van der Waals surface area contributed by atoms with Gasteiger partial charge in [0.25, 0.3) is 0 Å². The Morgan fingerprint density at radius 3 is 2.75 bits per heavy atom. The summed E-state index contributed by atoms with van der Waals surface area (Å²) >= 11 is 0. The first-order chi connectivity index (χ1) is 5.60. The van der Waals surface area contributed by atoms with Gasteiger partial charge >= 0.3 is 5.97 Å². The molecule has 1 aliphatic rings. The van der Waals surface area contributed by atoms with Crippen molar-refractivity contribution in [1.29, 1.82) is 0 Å². The number of aliphatic carboxylic acids is 1. The second kappa shape index (κ2) is 3.30. The maximum atomic E-state index is 11.0. The van der Waals surface area contributed by atoms with E-state index < -0.39 is 11.4 Å². The Morgan fingerprint density at radius 2 is 2.42 bits per heavy atom. The van der Waals surface area contributed by atoms with E-state index in [1.165, 1.54) is 0 Å². The number of carbonyl (C=O) groups is 1. The molecule has 2 nitrogen and oxygen atoms in total. The van der Waals surface area contributed by atoms with Crippen molar-refractivity contribution in [2.24, 2.45) is 5.41 Å².